The van der Waals surface area contributed by atoms with Crippen molar-refractivity contribution in [1.82, 2.24) is 5.43 Å². The number of anilines is 1. The molecule has 0 unspecified atom stereocenters. The van der Waals surface area contributed by atoms with Crippen molar-refractivity contribution in [1.29, 1.82) is 0 Å². The van der Waals surface area contributed by atoms with Crippen molar-refractivity contribution in [2.45, 2.75) is 12.8 Å². The fraction of sp³-hybridized carbons (Fsp3) is 0.176. The smallest absolute Gasteiger partial charge is 0.191 e. The zero-order chi connectivity index (χ0) is 18.2. The van der Waals surface area contributed by atoms with Crippen molar-refractivity contribution in [3.05, 3.63) is 65.5 Å². The van der Waals surface area contributed by atoms with Gasteiger partial charge in [0.2, 0.25) is 0 Å². The molecule has 25 heavy (non-hydrogen) atoms. The number of hydrogen-bond acceptors (Lipinski definition) is 2. The molecule has 2 aromatic rings. The minimum Gasteiger partial charge on any atom is -0.329 e. The maximum absolute atomic E-state index is 13.6. The number of halogens is 4. The van der Waals surface area contributed by atoms with Crippen LogP contribution in [0.25, 0.3) is 0 Å². The lowest BCUT2D eigenvalue weighted by Crippen LogP contribution is -2.26. The van der Waals surface area contributed by atoms with E-state index >= 15 is 0 Å². The molecule has 2 N–H and O–H groups in total. The molecule has 8 heteroatoms. The van der Waals surface area contributed by atoms with Crippen LogP contribution in [0.1, 0.15) is 18.4 Å². The molecule has 0 aliphatic heterocycles. The molecule has 0 saturated carbocycles. The van der Waals surface area contributed by atoms with Gasteiger partial charge in [0.1, 0.15) is 17.5 Å². The molecule has 0 bridgehead atoms. The second kappa shape index (κ2) is 9.39. The van der Waals surface area contributed by atoms with Gasteiger partial charge in [-0.1, -0.05) is 12.1 Å². The van der Waals surface area contributed by atoms with Crippen LogP contribution in [0.5, 0.6) is 0 Å². The molecular formula is C17H15ClF3N3S. The topological polar surface area (TPSA) is 36.4 Å². The number of benzene rings is 2. The minimum absolute atomic E-state index is 0.0261. The molecule has 0 saturated heterocycles. The zero-order valence-corrected chi connectivity index (χ0v) is 14.6. The molecule has 0 heterocycles. The predicted molar refractivity (Wildman–Crippen MR) is 98.6 cm³/mol. The van der Waals surface area contributed by atoms with Crippen LogP contribution < -0.4 is 10.7 Å². The first-order valence-corrected chi connectivity index (χ1v) is 8.34. The lowest BCUT2D eigenvalue weighted by molar-refractivity contribution is 0.586. The van der Waals surface area contributed by atoms with Crippen LogP contribution in [0.15, 0.2) is 47.6 Å². The van der Waals surface area contributed by atoms with Gasteiger partial charge in [0, 0.05) is 11.9 Å². The summed E-state index contributed by atoms with van der Waals surface area (Å²) in [5, 5.41) is 6.82. The second-order valence-corrected chi connectivity index (χ2v) is 5.83. The summed E-state index contributed by atoms with van der Waals surface area (Å²) in [6.07, 6.45) is 1.22. The van der Waals surface area contributed by atoms with Crippen molar-refractivity contribution in [3.8, 4) is 0 Å². The third kappa shape index (κ3) is 6.03. The summed E-state index contributed by atoms with van der Waals surface area (Å²) in [4.78, 5) is 0. The summed E-state index contributed by atoms with van der Waals surface area (Å²) in [6, 6.07) is 8.95. The van der Waals surface area contributed by atoms with Gasteiger partial charge in [0.05, 0.1) is 11.4 Å². The van der Waals surface area contributed by atoms with Crippen LogP contribution >= 0.6 is 23.8 Å². The van der Waals surface area contributed by atoms with Gasteiger partial charge in [-0.15, -0.1) is 11.6 Å². The highest BCUT2D eigenvalue weighted by Crippen LogP contribution is 2.15. The van der Waals surface area contributed by atoms with E-state index in [0.29, 0.717) is 24.4 Å². The Balaban J connectivity index is 2.08. The van der Waals surface area contributed by atoms with Gasteiger partial charge in [-0.3, -0.25) is 5.43 Å². The molecule has 2 aromatic carbocycles. The van der Waals surface area contributed by atoms with E-state index in [1.165, 1.54) is 18.2 Å². The summed E-state index contributed by atoms with van der Waals surface area (Å²) in [6.45, 7) is 0. The first-order valence-electron chi connectivity index (χ1n) is 7.40. The quantitative estimate of drug-likeness (QED) is 0.324. The Hall–Kier alpha value is -2.12. The third-order valence-corrected chi connectivity index (χ3v) is 3.66. The van der Waals surface area contributed by atoms with Gasteiger partial charge in [-0.25, -0.2) is 13.2 Å². The highest BCUT2D eigenvalue weighted by Gasteiger charge is 2.07. The molecule has 3 nitrogen and oxygen atoms in total. The van der Waals surface area contributed by atoms with Gasteiger partial charge >= 0.3 is 0 Å². The highest BCUT2D eigenvalue weighted by molar-refractivity contribution is 7.80. The Bertz CT molecular complexity index is 766. The van der Waals surface area contributed by atoms with E-state index in [-0.39, 0.29) is 16.6 Å². The van der Waals surface area contributed by atoms with Gasteiger partial charge in [0.15, 0.2) is 5.11 Å². The molecule has 0 amide bonds. The number of rotatable bonds is 6. The van der Waals surface area contributed by atoms with Crippen molar-refractivity contribution < 1.29 is 13.2 Å². The Kier molecular flexibility index (Phi) is 7.21. The molecule has 0 atom stereocenters. The van der Waals surface area contributed by atoms with E-state index in [1.54, 1.807) is 12.1 Å². The predicted octanol–water partition coefficient (Wildman–Crippen LogP) is 4.81. The van der Waals surface area contributed by atoms with E-state index in [0.717, 1.165) is 17.7 Å². The Morgan fingerprint density at radius 3 is 2.36 bits per heavy atom. The van der Waals surface area contributed by atoms with E-state index in [1.807, 2.05) is 0 Å². The van der Waals surface area contributed by atoms with Gasteiger partial charge < -0.3 is 5.32 Å². The highest BCUT2D eigenvalue weighted by atomic mass is 35.5. The SMILES string of the molecule is Fc1ccc(/C(CCCCl)=N\NC(=S)Nc2ccc(F)cc2F)cc1. The summed E-state index contributed by atoms with van der Waals surface area (Å²) in [5.74, 6) is -1.35. The van der Waals surface area contributed by atoms with Crippen LogP contribution in [0.3, 0.4) is 0 Å². The van der Waals surface area contributed by atoms with Crippen LogP contribution in [0.2, 0.25) is 0 Å². The average molecular weight is 386 g/mol. The first kappa shape index (κ1) is 19.2. The van der Waals surface area contributed by atoms with E-state index < -0.39 is 11.6 Å². The van der Waals surface area contributed by atoms with E-state index in [4.69, 9.17) is 23.8 Å². The lowest BCUT2D eigenvalue weighted by Gasteiger charge is -2.10. The molecule has 0 aromatic heterocycles. The average Bonchev–Trinajstić information content (AvgIpc) is 2.58. The molecule has 0 spiro atoms. The summed E-state index contributed by atoms with van der Waals surface area (Å²) in [5.41, 5.74) is 3.98. The molecule has 0 radical (unpaired) electrons. The maximum Gasteiger partial charge on any atom is 0.191 e. The fourth-order valence-corrected chi connectivity index (χ4v) is 2.29. The molecule has 0 fully saturated rings. The van der Waals surface area contributed by atoms with Crippen LogP contribution in [0.4, 0.5) is 18.9 Å². The summed E-state index contributed by atoms with van der Waals surface area (Å²) < 4.78 is 39.6. The fourth-order valence-electron chi connectivity index (χ4n) is 2.00. The van der Waals surface area contributed by atoms with Gasteiger partial charge in [-0.05, 0) is 54.9 Å². The molecule has 132 valence electrons. The Morgan fingerprint density at radius 1 is 1.04 bits per heavy atom. The number of nitrogens with one attached hydrogen (secondary N) is 2. The number of nitrogens with zero attached hydrogens (tertiary/aromatic N) is 1. The Morgan fingerprint density at radius 2 is 1.72 bits per heavy atom. The first-order chi connectivity index (χ1) is 12.0. The van der Waals surface area contributed by atoms with Crippen molar-refractivity contribution >= 4 is 40.3 Å². The van der Waals surface area contributed by atoms with Crippen LogP contribution in [0, 0.1) is 17.5 Å². The largest absolute Gasteiger partial charge is 0.329 e. The summed E-state index contributed by atoms with van der Waals surface area (Å²) in [7, 11) is 0. The maximum atomic E-state index is 13.6. The van der Waals surface area contributed by atoms with Crippen LogP contribution in [-0.4, -0.2) is 16.7 Å². The number of hydrazone groups is 1. The second-order valence-electron chi connectivity index (χ2n) is 5.05. The number of hydrogen-bond donors (Lipinski definition) is 2. The lowest BCUT2D eigenvalue weighted by atomic mass is 10.1. The monoisotopic (exact) mass is 385 g/mol. The van der Waals surface area contributed by atoms with E-state index in [9.17, 15) is 13.2 Å². The zero-order valence-electron chi connectivity index (χ0n) is 13.0. The van der Waals surface area contributed by atoms with Crippen molar-refractivity contribution in [3.63, 3.8) is 0 Å². The number of alkyl halides is 1. The molecule has 0 aliphatic rings. The third-order valence-electron chi connectivity index (χ3n) is 3.20. The summed E-state index contributed by atoms with van der Waals surface area (Å²) >= 11 is 10.8. The molecular weight excluding hydrogens is 371 g/mol. The Labute approximate surface area is 153 Å². The van der Waals surface area contributed by atoms with Gasteiger partial charge in [-0.2, -0.15) is 5.10 Å². The number of thiocarbonyl (C=S) groups is 1. The molecule has 2 rings (SSSR count). The normalized spacial score (nSPS) is 11.3. The minimum atomic E-state index is -0.769. The van der Waals surface area contributed by atoms with E-state index in [2.05, 4.69) is 15.8 Å². The van der Waals surface area contributed by atoms with Crippen molar-refractivity contribution in [2.24, 2.45) is 5.10 Å². The standard InChI is InChI=1S/C17H15ClF3N3S/c18-9-1-2-15(11-3-5-12(19)6-4-11)23-24-17(25)22-16-8-7-13(20)10-14(16)21/h3-8,10H,1-2,9H2,(H2,22,24,25)/b23-15-. The van der Waals surface area contributed by atoms with Gasteiger partial charge in [0.25, 0.3) is 0 Å². The van der Waals surface area contributed by atoms with Crippen LogP contribution in [-0.2, 0) is 0 Å². The van der Waals surface area contributed by atoms with Crippen molar-refractivity contribution in [2.75, 3.05) is 11.2 Å². The molecule has 0 aliphatic carbocycles.